The molecule has 0 aliphatic rings. The zero-order valence-electron chi connectivity index (χ0n) is 12.1. The molecule has 0 aromatic heterocycles. The molecule has 4 heteroatoms. The van der Waals surface area contributed by atoms with E-state index in [0.717, 1.165) is 12.8 Å². The third-order valence-electron chi connectivity index (χ3n) is 3.53. The molecule has 1 unspecified atom stereocenters. The van der Waals surface area contributed by atoms with Gasteiger partial charge in [-0.2, -0.15) is 0 Å². The van der Waals surface area contributed by atoms with Crippen molar-refractivity contribution in [2.75, 3.05) is 0 Å². The summed E-state index contributed by atoms with van der Waals surface area (Å²) in [7, 11) is 0. The Labute approximate surface area is 129 Å². The number of hydrogen-bond donors (Lipinski definition) is 1. The van der Waals surface area contributed by atoms with Gasteiger partial charge in [0.05, 0.1) is 0 Å². The molecule has 0 spiro atoms. The highest BCUT2D eigenvalue weighted by Crippen LogP contribution is 2.26. The lowest BCUT2D eigenvalue weighted by Gasteiger charge is -2.14. The van der Waals surface area contributed by atoms with Gasteiger partial charge in [0.1, 0.15) is 11.6 Å². The minimum Gasteiger partial charge on any atom is -0.324 e. The average molecular weight is 348 g/mol. The van der Waals surface area contributed by atoms with Crippen molar-refractivity contribution in [2.24, 2.45) is 5.73 Å². The van der Waals surface area contributed by atoms with Gasteiger partial charge in [0.2, 0.25) is 0 Å². The first-order valence-electron chi connectivity index (χ1n) is 7.46. The van der Waals surface area contributed by atoms with E-state index >= 15 is 0 Å². The molecule has 0 saturated heterocycles. The van der Waals surface area contributed by atoms with Crippen LogP contribution in [-0.4, -0.2) is 0 Å². The zero-order chi connectivity index (χ0) is 15.0. The van der Waals surface area contributed by atoms with Crippen LogP contribution < -0.4 is 5.73 Å². The second kappa shape index (κ2) is 9.46. The van der Waals surface area contributed by atoms with Crippen LogP contribution in [0.1, 0.15) is 69.9 Å². The first kappa shape index (κ1) is 17.6. The summed E-state index contributed by atoms with van der Waals surface area (Å²) < 4.78 is 27.9. The van der Waals surface area contributed by atoms with Crippen molar-refractivity contribution >= 4 is 15.9 Å². The lowest BCUT2D eigenvalue weighted by molar-refractivity contribution is 0.489. The molecule has 2 N–H and O–H groups in total. The Morgan fingerprint density at radius 1 is 1.00 bits per heavy atom. The van der Waals surface area contributed by atoms with E-state index in [2.05, 4.69) is 22.9 Å². The average Bonchev–Trinajstić information content (AvgIpc) is 2.36. The van der Waals surface area contributed by atoms with E-state index in [4.69, 9.17) is 5.73 Å². The first-order chi connectivity index (χ1) is 9.56. The predicted octanol–water partition coefficient (Wildman–Crippen LogP) is 5.87. The molecule has 1 aromatic carbocycles. The van der Waals surface area contributed by atoms with E-state index in [9.17, 15) is 8.78 Å². The van der Waals surface area contributed by atoms with Crippen LogP contribution in [-0.2, 0) is 0 Å². The number of unbranched alkanes of at least 4 members (excludes halogenated alkanes) is 6. The van der Waals surface area contributed by atoms with Crippen molar-refractivity contribution < 1.29 is 8.78 Å². The van der Waals surface area contributed by atoms with Crippen molar-refractivity contribution in [1.29, 1.82) is 0 Å². The minimum absolute atomic E-state index is 0.0131. The normalized spacial score (nSPS) is 12.7. The lowest BCUT2D eigenvalue weighted by Crippen LogP contribution is -2.14. The number of benzene rings is 1. The van der Waals surface area contributed by atoms with Gasteiger partial charge in [-0.05, 0) is 18.6 Å². The fourth-order valence-electron chi connectivity index (χ4n) is 2.37. The maximum atomic E-state index is 13.7. The minimum atomic E-state index is -0.563. The van der Waals surface area contributed by atoms with Crippen molar-refractivity contribution in [2.45, 2.75) is 64.3 Å². The molecule has 0 saturated carbocycles. The molecular weight excluding hydrogens is 324 g/mol. The molecule has 1 nitrogen and oxygen atoms in total. The van der Waals surface area contributed by atoms with E-state index < -0.39 is 17.7 Å². The molecule has 0 aliphatic carbocycles. The maximum absolute atomic E-state index is 13.7. The second-order valence-electron chi connectivity index (χ2n) is 5.30. The smallest absolute Gasteiger partial charge is 0.132 e. The third kappa shape index (κ3) is 5.88. The molecule has 0 amide bonds. The Morgan fingerprint density at radius 3 is 2.05 bits per heavy atom. The molecule has 0 radical (unpaired) electrons. The first-order valence-corrected chi connectivity index (χ1v) is 8.25. The number of hydrogen-bond acceptors (Lipinski definition) is 1. The summed E-state index contributed by atoms with van der Waals surface area (Å²) in [5.41, 5.74) is 5.93. The monoisotopic (exact) mass is 347 g/mol. The van der Waals surface area contributed by atoms with E-state index in [0.29, 0.717) is 10.9 Å². The highest BCUT2D eigenvalue weighted by Gasteiger charge is 2.17. The third-order valence-corrected chi connectivity index (χ3v) is 3.99. The molecule has 0 bridgehead atoms. The molecule has 0 heterocycles. The predicted molar refractivity (Wildman–Crippen MR) is 83.6 cm³/mol. The largest absolute Gasteiger partial charge is 0.324 e. The molecule has 20 heavy (non-hydrogen) atoms. The van der Waals surface area contributed by atoms with Gasteiger partial charge in [0.15, 0.2) is 0 Å². The summed E-state index contributed by atoms with van der Waals surface area (Å²) in [5, 5.41) is 0. The maximum Gasteiger partial charge on any atom is 0.132 e. The van der Waals surface area contributed by atoms with E-state index in [1.54, 1.807) is 0 Å². The van der Waals surface area contributed by atoms with Crippen LogP contribution >= 0.6 is 15.9 Å². The quantitative estimate of drug-likeness (QED) is 0.555. The van der Waals surface area contributed by atoms with Gasteiger partial charge in [-0.3, -0.25) is 0 Å². The van der Waals surface area contributed by atoms with Gasteiger partial charge in [-0.25, -0.2) is 8.78 Å². The molecule has 0 aliphatic heterocycles. The summed E-state index contributed by atoms with van der Waals surface area (Å²) in [6, 6.07) is 1.98. The van der Waals surface area contributed by atoms with Crippen molar-refractivity contribution in [3.63, 3.8) is 0 Å². The fourth-order valence-corrected chi connectivity index (χ4v) is 2.78. The summed E-state index contributed by atoms with van der Waals surface area (Å²) >= 11 is 3.07. The van der Waals surface area contributed by atoms with Crippen LogP contribution in [0, 0.1) is 11.6 Å². The van der Waals surface area contributed by atoms with Crippen molar-refractivity contribution in [1.82, 2.24) is 0 Å². The van der Waals surface area contributed by atoms with Crippen LogP contribution in [0.4, 0.5) is 8.78 Å². The van der Waals surface area contributed by atoms with Crippen LogP contribution in [0.15, 0.2) is 16.6 Å². The molecule has 1 aromatic rings. The van der Waals surface area contributed by atoms with Crippen LogP contribution in [0.5, 0.6) is 0 Å². The van der Waals surface area contributed by atoms with Crippen molar-refractivity contribution in [3.05, 3.63) is 33.8 Å². The van der Waals surface area contributed by atoms with Crippen molar-refractivity contribution in [3.8, 4) is 0 Å². The van der Waals surface area contributed by atoms with Gasteiger partial charge < -0.3 is 5.73 Å². The van der Waals surface area contributed by atoms with E-state index in [1.807, 2.05) is 0 Å². The molecule has 114 valence electrons. The summed E-state index contributed by atoms with van der Waals surface area (Å²) in [5.74, 6) is -1.13. The molecule has 0 fully saturated rings. The second-order valence-corrected chi connectivity index (χ2v) is 6.22. The van der Waals surface area contributed by atoms with E-state index in [-0.39, 0.29) is 5.56 Å². The Hall–Kier alpha value is -0.480. The number of halogens is 3. The van der Waals surface area contributed by atoms with Gasteiger partial charge in [0.25, 0.3) is 0 Å². The summed E-state index contributed by atoms with van der Waals surface area (Å²) in [6.07, 6.45) is 8.85. The SMILES string of the molecule is CCCCCCCCCC(N)c1c(F)cc(Br)cc1F. The zero-order valence-corrected chi connectivity index (χ0v) is 13.7. The van der Waals surface area contributed by atoms with Crippen LogP contribution in [0.2, 0.25) is 0 Å². The Bertz CT molecular complexity index is 386. The standard InChI is InChI=1S/C16H24BrF2N/c1-2-3-4-5-6-7-8-9-15(20)16-13(18)10-12(17)11-14(16)19/h10-11,15H,2-9,20H2,1H3. The Morgan fingerprint density at radius 2 is 1.50 bits per heavy atom. The van der Waals surface area contributed by atoms with E-state index in [1.165, 1.54) is 44.2 Å². The van der Waals surface area contributed by atoms with Crippen LogP contribution in [0.25, 0.3) is 0 Å². The van der Waals surface area contributed by atoms with Gasteiger partial charge in [-0.15, -0.1) is 0 Å². The van der Waals surface area contributed by atoms with Gasteiger partial charge >= 0.3 is 0 Å². The van der Waals surface area contributed by atoms with Crippen LogP contribution in [0.3, 0.4) is 0 Å². The molecule has 1 rings (SSSR count). The lowest BCUT2D eigenvalue weighted by atomic mass is 9.99. The Balaban J connectivity index is 2.34. The number of rotatable bonds is 9. The number of nitrogens with two attached hydrogens (primary N) is 1. The van der Waals surface area contributed by atoms with Gasteiger partial charge in [-0.1, -0.05) is 67.8 Å². The molecule has 1 atom stereocenters. The molecular formula is C16H24BrF2N. The highest BCUT2D eigenvalue weighted by atomic mass is 79.9. The van der Waals surface area contributed by atoms with Gasteiger partial charge in [0, 0.05) is 16.1 Å². The fraction of sp³-hybridized carbons (Fsp3) is 0.625. The summed E-state index contributed by atoms with van der Waals surface area (Å²) in [4.78, 5) is 0. The summed E-state index contributed by atoms with van der Waals surface area (Å²) in [6.45, 7) is 2.19. The highest BCUT2D eigenvalue weighted by molar-refractivity contribution is 9.10. The Kier molecular flexibility index (Phi) is 8.31. The topological polar surface area (TPSA) is 26.0 Å².